The maximum atomic E-state index is 15.3. The SMILES string of the molecule is NC1=NC2(CCOc3ccccc32)C(F)(F)CO[C@@H]1c1cc(Cl)cc(Cl)c1. The molecular weight excluding hydrogens is 397 g/mol. The second-order valence-corrected chi connectivity index (χ2v) is 7.46. The van der Waals surface area contributed by atoms with Crippen LogP contribution in [-0.4, -0.2) is 25.0 Å². The van der Waals surface area contributed by atoms with Crippen molar-refractivity contribution < 1.29 is 18.3 Å². The molecule has 8 heteroatoms. The zero-order valence-corrected chi connectivity index (χ0v) is 15.6. The number of halogens is 4. The van der Waals surface area contributed by atoms with Gasteiger partial charge in [0.1, 0.15) is 24.3 Å². The van der Waals surface area contributed by atoms with E-state index in [-0.39, 0.29) is 18.9 Å². The van der Waals surface area contributed by atoms with Crippen molar-refractivity contribution in [2.75, 3.05) is 13.2 Å². The fraction of sp³-hybridized carbons (Fsp3) is 0.316. The fourth-order valence-electron chi connectivity index (χ4n) is 3.62. The number of hydrogen-bond donors (Lipinski definition) is 1. The van der Waals surface area contributed by atoms with Crippen molar-refractivity contribution in [1.29, 1.82) is 0 Å². The van der Waals surface area contributed by atoms with Crippen molar-refractivity contribution >= 4 is 29.0 Å². The summed E-state index contributed by atoms with van der Waals surface area (Å²) in [6, 6.07) is 11.3. The van der Waals surface area contributed by atoms with Gasteiger partial charge in [-0.05, 0) is 29.8 Å². The van der Waals surface area contributed by atoms with Gasteiger partial charge in [0.15, 0.2) is 5.54 Å². The molecule has 0 amide bonds. The molecule has 4 rings (SSSR count). The van der Waals surface area contributed by atoms with E-state index < -0.39 is 24.2 Å². The molecule has 0 saturated carbocycles. The van der Waals surface area contributed by atoms with Crippen molar-refractivity contribution in [3.63, 3.8) is 0 Å². The van der Waals surface area contributed by atoms with Gasteiger partial charge in [0.05, 0.1) is 6.61 Å². The molecule has 2 aliphatic rings. The van der Waals surface area contributed by atoms with Gasteiger partial charge in [-0.3, -0.25) is 4.99 Å². The van der Waals surface area contributed by atoms with Crippen LogP contribution in [0.4, 0.5) is 8.78 Å². The number of benzene rings is 2. The normalized spacial score (nSPS) is 26.7. The van der Waals surface area contributed by atoms with E-state index in [0.717, 1.165) is 0 Å². The number of rotatable bonds is 1. The van der Waals surface area contributed by atoms with Gasteiger partial charge in [-0.15, -0.1) is 0 Å². The minimum Gasteiger partial charge on any atom is -0.493 e. The lowest BCUT2D eigenvalue weighted by molar-refractivity contribution is -0.139. The highest BCUT2D eigenvalue weighted by Gasteiger charge is 2.59. The van der Waals surface area contributed by atoms with Crippen LogP contribution in [0.15, 0.2) is 47.5 Å². The minimum absolute atomic E-state index is 0.00983. The van der Waals surface area contributed by atoms with E-state index in [1.165, 1.54) is 0 Å². The fourth-order valence-corrected chi connectivity index (χ4v) is 4.16. The van der Waals surface area contributed by atoms with Gasteiger partial charge in [0.25, 0.3) is 5.92 Å². The van der Waals surface area contributed by atoms with Gasteiger partial charge in [0, 0.05) is 22.0 Å². The molecule has 142 valence electrons. The van der Waals surface area contributed by atoms with Crippen molar-refractivity contribution in [1.82, 2.24) is 0 Å². The summed E-state index contributed by atoms with van der Waals surface area (Å²) in [5.74, 6) is -2.96. The summed E-state index contributed by atoms with van der Waals surface area (Å²) in [6.07, 6.45) is -0.981. The largest absolute Gasteiger partial charge is 0.493 e. The molecule has 27 heavy (non-hydrogen) atoms. The predicted octanol–water partition coefficient (Wildman–Crippen LogP) is 4.74. The van der Waals surface area contributed by atoms with Crippen LogP contribution in [0, 0.1) is 0 Å². The van der Waals surface area contributed by atoms with Crippen LogP contribution in [0.25, 0.3) is 0 Å². The second-order valence-electron chi connectivity index (χ2n) is 6.59. The zero-order valence-electron chi connectivity index (χ0n) is 14.1. The van der Waals surface area contributed by atoms with Crippen LogP contribution in [0.2, 0.25) is 10.0 Å². The highest BCUT2D eigenvalue weighted by molar-refractivity contribution is 6.34. The van der Waals surface area contributed by atoms with Crippen molar-refractivity contribution in [3.8, 4) is 5.75 Å². The minimum atomic E-state index is -3.28. The number of alkyl halides is 2. The first-order chi connectivity index (χ1) is 12.8. The number of fused-ring (bicyclic) bond motifs is 2. The van der Waals surface area contributed by atoms with Crippen LogP contribution in [0.5, 0.6) is 5.75 Å². The number of hydrogen-bond acceptors (Lipinski definition) is 4. The first-order valence-electron chi connectivity index (χ1n) is 8.35. The lowest BCUT2D eigenvalue weighted by Crippen LogP contribution is -2.49. The molecule has 0 aromatic heterocycles. The van der Waals surface area contributed by atoms with Gasteiger partial charge in [-0.2, -0.15) is 0 Å². The number of ether oxygens (including phenoxy) is 2. The Morgan fingerprint density at radius 3 is 2.56 bits per heavy atom. The van der Waals surface area contributed by atoms with Crippen LogP contribution < -0.4 is 10.5 Å². The summed E-state index contributed by atoms with van der Waals surface area (Å²) in [6.45, 7) is -0.739. The smallest absolute Gasteiger partial charge is 0.299 e. The molecule has 0 bridgehead atoms. The third kappa shape index (κ3) is 3.06. The molecule has 0 aliphatic carbocycles. The average Bonchev–Trinajstić information content (AvgIpc) is 2.70. The molecule has 2 atom stereocenters. The van der Waals surface area contributed by atoms with Crippen LogP contribution in [0.1, 0.15) is 23.7 Å². The zero-order chi connectivity index (χ0) is 19.2. The van der Waals surface area contributed by atoms with Crippen LogP contribution in [-0.2, 0) is 10.3 Å². The standard InChI is InChI=1S/C19H16Cl2F2N2O2/c20-12-7-11(8-13(21)9-12)16-17(24)25-18(19(22,23)10-27-16)5-6-26-15-4-2-1-3-14(15)18/h1-4,7-9,16H,5-6,10H2,(H2,24,25)/t16-,18?/m1/s1. The van der Waals surface area contributed by atoms with Crippen molar-refractivity contribution in [2.24, 2.45) is 10.7 Å². The van der Waals surface area contributed by atoms with E-state index in [2.05, 4.69) is 4.99 Å². The molecule has 2 aromatic carbocycles. The van der Waals surface area contributed by atoms with E-state index >= 15 is 8.78 Å². The molecule has 0 fully saturated rings. The molecule has 1 unspecified atom stereocenters. The van der Waals surface area contributed by atoms with Gasteiger partial charge in [-0.25, -0.2) is 8.78 Å². The second kappa shape index (κ2) is 6.62. The molecule has 1 spiro atoms. The van der Waals surface area contributed by atoms with Crippen LogP contribution in [0.3, 0.4) is 0 Å². The quantitative estimate of drug-likeness (QED) is 0.735. The Morgan fingerprint density at radius 1 is 1.11 bits per heavy atom. The van der Waals surface area contributed by atoms with Gasteiger partial charge in [0.2, 0.25) is 0 Å². The van der Waals surface area contributed by atoms with Crippen molar-refractivity contribution in [3.05, 3.63) is 63.6 Å². The Hall–Kier alpha value is -1.89. The molecule has 2 heterocycles. The maximum absolute atomic E-state index is 15.3. The molecule has 0 saturated heterocycles. The molecule has 4 nitrogen and oxygen atoms in total. The number of aliphatic imine (C=N–C) groups is 1. The van der Waals surface area contributed by atoms with Crippen LogP contribution >= 0.6 is 23.2 Å². The maximum Gasteiger partial charge on any atom is 0.299 e. The molecule has 0 radical (unpaired) electrons. The lowest BCUT2D eigenvalue weighted by Gasteiger charge is -2.39. The first kappa shape index (κ1) is 18.5. The third-order valence-electron chi connectivity index (χ3n) is 4.87. The Morgan fingerprint density at radius 2 is 1.81 bits per heavy atom. The number of amidine groups is 1. The number of para-hydroxylation sites is 1. The molecular formula is C19H16Cl2F2N2O2. The Balaban J connectivity index is 1.86. The lowest BCUT2D eigenvalue weighted by atomic mass is 9.79. The van der Waals surface area contributed by atoms with E-state index in [0.29, 0.717) is 26.9 Å². The third-order valence-corrected chi connectivity index (χ3v) is 5.30. The number of nitrogens with zero attached hydrogens (tertiary/aromatic N) is 1. The summed E-state index contributed by atoms with van der Waals surface area (Å²) in [4.78, 5) is 4.33. The Bertz CT molecular complexity index is 902. The average molecular weight is 413 g/mol. The highest BCUT2D eigenvalue weighted by Crippen LogP contribution is 2.51. The van der Waals surface area contributed by atoms with E-state index in [9.17, 15) is 0 Å². The van der Waals surface area contributed by atoms with E-state index in [1.54, 1.807) is 42.5 Å². The van der Waals surface area contributed by atoms with Crippen molar-refractivity contribution in [2.45, 2.75) is 24.0 Å². The summed E-state index contributed by atoms with van der Waals surface area (Å²) < 4.78 is 41.7. The summed E-state index contributed by atoms with van der Waals surface area (Å²) in [7, 11) is 0. The van der Waals surface area contributed by atoms with E-state index in [4.69, 9.17) is 38.4 Å². The molecule has 2 aromatic rings. The molecule has 2 aliphatic heterocycles. The van der Waals surface area contributed by atoms with Gasteiger partial charge in [-0.1, -0.05) is 41.4 Å². The molecule has 2 N–H and O–H groups in total. The Labute approximate surface area is 164 Å². The van der Waals surface area contributed by atoms with Gasteiger partial charge >= 0.3 is 0 Å². The first-order valence-corrected chi connectivity index (χ1v) is 9.11. The number of nitrogens with two attached hydrogens (primary N) is 1. The van der Waals surface area contributed by atoms with E-state index in [1.807, 2.05) is 0 Å². The topological polar surface area (TPSA) is 56.8 Å². The Kier molecular flexibility index (Phi) is 4.53. The summed E-state index contributed by atoms with van der Waals surface area (Å²) in [5, 5.41) is 0.715. The summed E-state index contributed by atoms with van der Waals surface area (Å²) in [5.41, 5.74) is 5.09. The highest BCUT2D eigenvalue weighted by atomic mass is 35.5. The van der Waals surface area contributed by atoms with Gasteiger partial charge < -0.3 is 15.2 Å². The summed E-state index contributed by atoms with van der Waals surface area (Å²) >= 11 is 12.1. The monoisotopic (exact) mass is 412 g/mol. The predicted molar refractivity (Wildman–Crippen MR) is 100.0 cm³/mol.